The Morgan fingerprint density at radius 1 is 0.912 bits per heavy atom. The summed E-state index contributed by atoms with van der Waals surface area (Å²) in [5, 5.41) is 7.53. The third kappa shape index (κ3) is 4.26. The van der Waals surface area contributed by atoms with Gasteiger partial charge in [-0.2, -0.15) is 0 Å². The van der Waals surface area contributed by atoms with E-state index in [-0.39, 0.29) is 5.91 Å². The van der Waals surface area contributed by atoms with E-state index >= 15 is 0 Å². The van der Waals surface area contributed by atoms with Gasteiger partial charge in [-0.25, -0.2) is 4.98 Å². The first kappa shape index (κ1) is 21.4. The Hall–Kier alpha value is -4.45. The number of benzene rings is 2. The molecule has 0 atom stereocenters. The second kappa shape index (κ2) is 8.83. The number of nitrogens with zero attached hydrogens (tertiary/aromatic N) is 3. The molecule has 0 saturated carbocycles. The molecular weight excluding hydrogens is 422 g/mol. The molecule has 0 fully saturated rings. The third-order valence-electron chi connectivity index (χ3n) is 5.85. The van der Waals surface area contributed by atoms with Gasteiger partial charge in [0.25, 0.3) is 5.91 Å². The SMILES string of the molecule is Cc1cccc(NC(=O)c2cc(Nc3cc(-c4ccncc4)nc4c3ccn4C)ccc2C)c1. The summed E-state index contributed by atoms with van der Waals surface area (Å²) < 4.78 is 2.00. The molecule has 2 N–H and O–H groups in total. The zero-order chi connectivity index (χ0) is 23.7. The van der Waals surface area contributed by atoms with Crippen LogP contribution in [-0.2, 0) is 7.05 Å². The van der Waals surface area contributed by atoms with Crippen molar-refractivity contribution in [2.45, 2.75) is 13.8 Å². The normalized spacial score (nSPS) is 10.9. The van der Waals surface area contributed by atoms with E-state index in [9.17, 15) is 4.79 Å². The highest BCUT2D eigenvalue weighted by Crippen LogP contribution is 2.31. The second-order valence-corrected chi connectivity index (χ2v) is 8.43. The maximum absolute atomic E-state index is 13.0. The fourth-order valence-electron chi connectivity index (χ4n) is 4.03. The molecule has 0 radical (unpaired) electrons. The molecule has 0 spiro atoms. The molecule has 5 aromatic rings. The number of hydrogen-bond donors (Lipinski definition) is 2. The lowest BCUT2D eigenvalue weighted by Gasteiger charge is -2.14. The van der Waals surface area contributed by atoms with E-state index in [1.165, 1.54) is 0 Å². The van der Waals surface area contributed by atoms with E-state index in [1.54, 1.807) is 12.4 Å². The predicted octanol–water partition coefficient (Wildman–Crippen LogP) is 6.25. The number of carbonyl (C=O) groups excluding carboxylic acids is 1. The van der Waals surface area contributed by atoms with Crippen molar-refractivity contribution in [3.63, 3.8) is 0 Å². The van der Waals surface area contributed by atoms with Crippen molar-refractivity contribution in [2.75, 3.05) is 10.6 Å². The topological polar surface area (TPSA) is 71.8 Å². The molecule has 3 heterocycles. The molecule has 1 amide bonds. The van der Waals surface area contributed by atoms with Crippen LogP contribution in [0.1, 0.15) is 21.5 Å². The number of anilines is 3. The van der Waals surface area contributed by atoms with Crippen LogP contribution < -0.4 is 10.6 Å². The number of amides is 1. The van der Waals surface area contributed by atoms with Crippen molar-refractivity contribution in [3.8, 4) is 11.3 Å². The maximum atomic E-state index is 13.0. The van der Waals surface area contributed by atoms with Crippen molar-refractivity contribution in [1.82, 2.24) is 14.5 Å². The minimum absolute atomic E-state index is 0.135. The van der Waals surface area contributed by atoms with Crippen molar-refractivity contribution >= 4 is 34.0 Å². The Balaban J connectivity index is 1.50. The molecule has 168 valence electrons. The Kier molecular flexibility index (Phi) is 5.55. The van der Waals surface area contributed by atoms with E-state index in [2.05, 4.69) is 15.6 Å². The minimum atomic E-state index is -0.135. The van der Waals surface area contributed by atoms with Crippen LogP contribution in [0.5, 0.6) is 0 Å². The lowest BCUT2D eigenvalue weighted by molar-refractivity contribution is 0.102. The summed E-state index contributed by atoms with van der Waals surface area (Å²) in [6, 6.07) is 21.6. The first-order chi connectivity index (χ1) is 16.5. The van der Waals surface area contributed by atoms with Crippen molar-refractivity contribution in [1.29, 1.82) is 0 Å². The van der Waals surface area contributed by atoms with Crippen molar-refractivity contribution < 1.29 is 4.79 Å². The molecule has 0 aliphatic carbocycles. The van der Waals surface area contributed by atoms with E-state index < -0.39 is 0 Å². The molecule has 34 heavy (non-hydrogen) atoms. The predicted molar refractivity (Wildman–Crippen MR) is 138 cm³/mol. The highest BCUT2D eigenvalue weighted by molar-refractivity contribution is 6.06. The fraction of sp³-hybridized carbons (Fsp3) is 0.107. The number of rotatable bonds is 5. The molecule has 0 aliphatic rings. The van der Waals surface area contributed by atoms with Crippen LogP contribution >= 0.6 is 0 Å². The molecule has 0 unspecified atom stereocenters. The average Bonchev–Trinajstić information content (AvgIpc) is 3.22. The minimum Gasteiger partial charge on any atom is -0.355 e. The van der Waals surface area contributed by atoms with Gasteiger partial charge in [-0.15, -0.1) is 0 Å². The van der Waals surface area contributed by atoms with Gasteiger partial charge in [-0.05, 0) is 73.5 Å². The molecule has 0 aliphatic heterocycles. The van der Waals surface area contributed by atoms with E-state index in [4.69, 9.17) is 4.98 Å². The smallest absolute Gasteiger partial charge is 0.256 e. The van der Waals surface area contributed by atoms with Crippen LogP contribution in [0.2, 0.25) is 0 Å². The highest BCUT2D eigenvalue weighted by atomic mass is 16.1. The van der Waals surface area contributed by atoms with Gasteiger partial charge >= 0.3 is 0 Å². The number of nitrogens with one attached hydrogen (secondary N) is 2. The van der Waals surface area contributed by atoms with Gasteiger partial charge in [0, 0.05) is 53.5 Å². The summed E-state index contributed by atoms with van der Waals surface area (Å²) >= 11 is 0. The van der Waals surface area contributed by atoms with Crippen LogP contribution in [0.15, 0.2) is 85.3 Å². The quantitative estimate of drug-likeness (QED) is 0.334. The van der Waals surface area contributed by atoms with Gasteiger partial charge in [0.05, 0.1) is 11.4 Å². The molecular formula is C28H25N5O. The Labute approximate surface area is 198 Å². The first-order valence-electron chi connectivity index (χ1n) is 11.1. The molecule has 0 saturated heterocycles. The van der Waals surface area contributed by atoms with Crippen molar-refractivity contribution in [2.24, 2.45) is 7.05 Å². The van der Waals surface area contributed by atoms with Crippen LogP contribution in [0.3, 0.4) is 0 Å². The zero-order valence-electron chi connectivity index (χ0n) is 19.3. The lowest BCUT2D eigenvalue weighted by Crippen LogP contribution is -2.13. The largest absolute Gasteiger partial charge is 0.355 e. The van der Waals surface area contributed by atoms with Gasteiger partial charge in [-0.3, -0.25) is 9.78 Å². The zero-order valence-corrected chi connectivity index (χ0v) is 19.3. The number of pyridine rings is 2. The monoisotopic (exact) mass is 447 g/mol. The van der Waals surface area contributed by atoms with Gasteiger partial charge in [0.1, 0.15) is 5.65 Å². The van der Waals surface area contributed by atoms with Gasteiger partial charge < -0.3 is 15.2 Å². The summed E-state index contributed by atoms with van der Waals surface area (Å²) in [5.74, 6) is -0.135. The summed E-state index contributed by atoms with van der Waals surface area (Å²) in [4.78, 5) is 22.0. The molecule has 6 heteroatoms. The number of aromatic nitrogens is 3. The number of hydrogen-bond acceptors (Lipinski definition) is 4. The summed E-state index contributed by atoms with van der Waals surface area (Å²) in [6.45, 7) is 3.95. The average molecular weight is 448 g/mol. The number of fused-ring (bicyclic) bond motifs is 1. The molecule has 2 aromatic carbocycles. The van der Waals surface area contributed by atoms with Crippen LogP contribution in [-0.4, -0.2) is 20.4 Å². The lowest BCUT2D eigenvalue weighted by atomic mass is 10.1. The first-order valence-corrected chi connectivity index (χ1v) is 11.1. The van der Waals surface area contributed by atoms with Gasteiger partial charge in [0.2, 0.25) is 0 Å². The maximum Gasteiger partial charge on any atom is 0.256 e. The molecule has 6 nitrogen and oxygen atoms in total. The second-order valence-electron chi connectivity index (χ2n) is 8.43. The Morgan fingerprint density at radius 2 is 1.74 bits per heavy atom. The van der Waals surface area contributed by atoms with E-state index in [1.807, 2.05) is 98.4 Å². The van der Waals surface area contributed by atoms with Crippen LogP contribution in [0.25, 0.3) is 22.3 Å². The molecule has 5 rings (SSSR count). The summed E-state index contributed by atoms with van der Waals surface area (Å²) in [5.41, 5.74) is 7.88. The Morgan fingerprint density at radius 3 is 2.53 bits per heavy atom. The molecule has 0 bridgehead atoms. The van der Waals surface area contributed by atoms with E-state index in [0.29, 0.717) is 5.56 Å². The summed E-state index contributed by atoms with van der Waals surface area (Å²) in [6.07, 6.45) is 5.52. The van der Waals surface area contributed by atoms with Crippen LogP contribution in [0, 0.1) is 13.8 Å². The third-order valence-corrected chi connectivity index (χ3v) is 5.85. The summed E-state index contributed by atoms with van der Waals surface area (Å²) in [7, 11) is 1.98. The van der Waals surface area contributed by atoms with Crippen molar-refractivity contribution in [3.05, 3.63) is 102 Å². The van der Waals surface area contributed by atoms with E-state index in [0.717, 1.165) is 50.5 Å². The van der Waals surface area contributed by atoms with Crippen LogP contribution in [0.4, 0.5) is 17.1 Å². The standard InChI is InChI=1S/C28H25N5O/c1-18-5-4-6-21(15-18)31-28(34)24-16-22(8-7-19(24)2)30-26-17-25(20-9-12-29-13-10-20)32-27-23(26)11-14-33(27)3/h4-17H,1-3H3,(H,30,32)(H,31,34). The number of aryl methyl sites for hydroxylation is 3. The fourth-order valence-corrected chi connectivity index (χ4v) is 4.03. The number of carbonyl (C=O) groups is 1. The highest BCUT2D eigenvalue weighted by Gasteiger charge is 2.14. The van der Waals surface area contributed by atoms with Gasteiger partial charge in [-0.1, -0.05) is 18.2 Å². The molecule has 3 aromatic heterocycles. The van der Waals surface area contributed by atoms with Gasteiger partial charge in [0.15, 0.2) is 0 Å². The Bertz CT molecular complexity index is 1500.